The molecule has 0 aromatic heterocycles. The monoisotopic (exact) mass is 285 g/mol. The van der Waals surface area contributed by atoms with Gasteiger partial charge in [0.05, 0.1) is 7.11 Å². The van der Waals surface area contributed by atoms with Gasteiger partial charge in [-0.15, -0.1) is 0 Å². The summed E-state index contributed by atoms with van der Waals surface area (Å²) in [5.74, 6) is 2.54. The molecule has 2 aromatic carbocycles. The minimum absolute atomic E-state index is 0.201. The fourth-order valence-electron chi connectivity index (χ4n) is 2.46. The molecule has 2 aromatic rings. The highest BCUT2D eigenvalue weighted by Crippen LogP contribution is 2.32. The summed E-state index contributed by atoms with van der Waals surface area (Å²) in [4.78, 5) is 0. The number of rotatable bonds is 5. The Morgan fingerprint density at radius 3 is 2.81 bits per heavy atom. The Morgan fingerprint density at radius 2 is 1.95 bits per heavy atom. The van der Waals surface area contributed by atoms with Gasteiger partial charge >= 0.3 is 0 Å². The van der Waals surface area contributed by atoms with E-state index in [1.807, 2.05) is 30.3 Å². The summed E-state index contributed by atoms with van der Waals surface area (Å²) < 4.78 is 16.1. The molecule has 1 aliphatic heterocycles. The highest BCUT2D eigenvalue weighted by Gasteiger charge is 2.14. The standard InChI is InChI=1S/C17H19NO3/c1-12(14-5-3-4-6-15(14)19-2)18-10-13-7-8-16-17(9-13)21-11-20-16/h3-9,12,18H,10-11H2,1-2H3/t12-/m0/s1. The second-order valence-corrected chi connectivity index (χ2v) is 5.03. The van der Waals surface area contributed by atoms with Gasteiger partial charge in [-0.3, -0.25) is 0 Å². The number of methoxy groups -OCH3 is 1. The van der Waals surface area contributed by atoms with E-state index in [1.165, 1.54) is 5.56 Å². The molecule has 110 valence electrons. The average Bonchev–Trinajstić information content (AvgIpc) is 3.00. The number of fused-ring (bicyclic) bond motifs is 1. The lowest BCUT2D eigenvalue weighted by Gasteiger charge is -2.17. The molecule has 21 heavy (non-hydrogen) atoms. The molecule has 0 saturated heterocycles. The molecular weight excluding hydrogens is 266 g/mol. The van der Waals surface area contributed by atoms with E-state index in [0.29, 0.717) is 6.79 Å². The fourth-order valence-corrected chi connectivity index (χ4v) is 2.46. The van der Waals surface area contributed by atoms with E-state index >= 15 is 0 Å². The van der Waals surface area contributed by atoms with Gasteiger partial charge in [0.15, 0.2) is 11.5 Å². The second kappa shape index (κ2) is 6.06. The topological polar surface area (TPSA) is 39.7 Å². The first-order chi connectivity index (χ1) is 10.3. The number of para-hydroxylation sites is 1. The molecule has 0 amide bonds. The van der Waals surface area contributed by atoms with E-state index in [-0.39, 0.29) is 6.04 Å². The van der Waals surface area contributed by atoms with Gasteiger partial charge in [0, 0.05) is 18.2 Å². The highest BCUT2D eigenvalue weighted by molar-refractivity contribution is 5.44. The molecule has 1 N–H and O–H groups in total. The first kappa shape index (κ1) is 13.8. The molecule has 0 aliphatic carbocycles. The molecule has 1 aliphatic rings. The predicted octanol–water partition coefficient (Wildman–Crippen LogP) is 3.27. The van der Waals surface area contributed by atoms with Crippen LogP contribution in [0, 0.1) is 0 Å². The lowest BCUT2D eigenvalue weighted by molar-refractivity contribution is 0.174. The van der Waals surface area contributed by atoms with Gasteiger partial charge in [0.25, 0.3) is 0 Å². The van der Waals surface area contributed by atoms with Crippen LogP contribution in [0.25, 0.3) is 0 Å². The Balaban J connectivity index is 1.67. The van der Waals surface area contributed by atoms with Crippen LogP contribution in [-0.2, 0) is 6.54 Å². The van der Waals surface area contributed by atoms with Crippen molar-refractivity contribution in [2.24, 2.45) is 0 Å². The van der Waals surface area contributed by atoms with Gasteiger partial charge in [-0.2, -0.15) is 0 Å². The zero-order valence-corrected chi connectivity index (χ0v) is 12.3. The van der Waals surface area contributed by atoms with Gasteiger partial charge in [-0.1, -0.05) is 24.3 Å². The lowest BCUT2D eigenvalue weighted by Crippen LogP contribution is -2.18. The highest BCUT2D eigenvalue weighted by atomic mass is 16.7. The Labute approximate surface area is 124 Å². The number of benzene rings is 2. The van der Waals surface area contributed by atoms with E-state index < -0.39 is 0 Å². The van der Waals surface area contributed by atoms with Crippen molar-refractivity contribution in [1.29, 1.82) is 0 Å². The number of nitrogens with one attached hydrogen (secondary N) is 1. The molecule has 0 unspecified atom stereocenters. The molecular formula is C17H19NO3. The summed E-state index contributed by atoms with van der Waals surface area (Å²) in [7, 11) is 1.70. The van der Waals surface area contributed by atoms with E-state index in [1.54, 1.807) is 7.11 Å². The van der Waals surface area contributed by atoms with Gasteiger partial charge in [0.1, 0.15) is 5.75 Å². The van der Waals surface area contributed by atoms with Crippen molar-refractivity contribution < 1.29 is 14.2 Å². The summed E-state index contributed by atoms with van der Waals surface area (Å²) >= 11 is 0. The summed E-state index contributed by atoms with van der Waals surface area (Å²) in [6, 6.07) is 14.3. The Hall–Kier alpha value is -2.20. The molecule has 4 nitrogen and oxygen atoms in total. The van der Waals surface area contributed by atoms with Crippen molar-refractivity contribution in [3.63, 3.8) is 0 Å². The number of ether oxygens (including phenoxy) is 3. The summed E-state index contributed by atoms with van der Waals surface area (Å²) in [6.07, 6.45) is 0. The zero-order chi connectivity index (χ0) is 14.7. The van der Waals surface area contributed by atoms with Crippen LogP contribution in [0.4, 0.5) is 0 Å². The lowest BCUT2D eigenvalue weighted by atomic mass is 10.1. The van der Waals surface area contributed by atoms with Crippen LogP contribution in [0.3, 0.4) is 0 Å². The minimum atomic E-state index is 0.201. The molecule has 0 spiro atoms. The largest absolute Gasteiger partial charge is 0.496 e. The summed E-state index contributed by atoms with van der Waals surface area (Å²) in [5, 5.41) is 3.50. The maximum Gasteiger partial charge on any atom is 0.231 e. The number of hydrogen-bond donors (Lipinski definition) is 1. The van der Waals surface area contributed by atoms with E-state index in [0.717, 1.165) is 29.4 Å². The van der Waals surface area contributed by atoms with Crippen molar-refractivity contribution in [2.45, 2.75) is 19.5 Å². The third-order valence-corrected chi connectivity index (χ3v) is 3.65. The van der Waals surface area contributed by atoms with E-state index in [4.69, 9.17) is 14.2 Å². The zero-order valence-electron chi connectivity index (χ0n) is 12.3. The van der Waals surface area contributed by atoms with Crippen LogP contribution in [-0.4, -0.2) is 13.9 Å². The van der Waals surface area contributed by atoms with E-state index in [2.05, 4.69) is 24.4 Å². The third-order valence-electron chi connectivity index (χ3n) is 3.65. The summed E-state index contributed by atoms with van der Waals surface area (Å²) in [5.41, 5.74) is 2.32. The fraction of sp³-hybridized carbons (Fsp3) is 0.294. The van der Waals surface area contributed by atoms with Crippen LogP contribution in [0.15, 0.2) is 42.5 Å². The van der Waals surface area contributed by atoms with Crippen molar-refractivity contribution >= 4 is 0 Å². The SMILES string of the molecule is COc1ccccc1[C@H](C)NCc1ccc2c(c1)OCO2. The molecule has 1 atom stereocenters. The molecule has 3 rings (SSSR count). The van der Waals surface area contributed by atoms with Crippen LogP contribution in [0.2, 0.25) is 0 Å². The minimum Gasteiger partial charge on any atom is -0.496 e. The quantitative estimate of drug-likeness (QED) is 0.915. The predicted molar refractivity (Wildman–Crippen MR) is 80.8 cm³/mol. The van der Waals surface area contributed by atoms with Gasteiger partial charge in [0.2, 0.25) is 6.79 Å². The van der Waals surface area contributed by atoms with Crippen molar-refractivity contribution in [2.75, 3.05) is 13.9 Å². The smallest absolute Gasteiger partial charge is 0.231 e. The maximum atomic E-state index is 5.40. The molecule has 4 heteroatoms. The van der Waals surface area contributed by atoms with Crippen LogP contribution in [0.1, 0.15) is 24.1 Å². The van der Waals surface area contributed by atoms with Gasteiger partial charge in [-0.05, 0) is 30.7 Å². The maximum absolute atomic E-state index is 5.40. The molecule has 1 heterocycles. The van der Waals surface area contributed by atoms with Crippen LogP contribution >= 0.6 is 0 Å². The summed E-state index contributed by atoms with van der Waals surface area (Å²) in [6.45, 7) is 3.20. The Morgan fingerprint density at radius 1 is 1.14 bits per heavy atom. The van der Waals surface area contributed by atoms with Crippen molar-refractivity contribution in [3.8, 4) is 17.2 Å². The average molecular weight is 285 g/mol. The van der Waals surface area contributed by atoms with Gasteiger partial charge < -0.3 is 19.5 Å². The third kappa shape index (κ3) is 2.95. The molecule has 0 bridgehead atoms. The first-order valence-electron chi connectivity index (χ1n) is 7.03. The van der Waals surface area contributed by atoms with Crippen LogP contribution < -0.4 is 19.5 Å². The van der Waals surface area contributed by atoms with Crippen molar-refractivity contribution in [1.82, 2.24) is 5.32 Å². The van der Waals surface area contributed by atoms with E-state index in [9.17, 15) is 0 Å². The second-order valence-electron chi connectivity index (χ2n) is 5.03. The van der Waals surface area contributed by atoms with Gasteiger partial charge in [-0.25, -0.2) is 0 Å². The Bertz CT molecular complexity index is 627. The molecule has 0 radical (unpaired) electrons. The molecule has 0 fully saturated rings. The first-order valence-corrected chi connectivity index (χ1v) is 7.03. The number of hydrogen-bond acceptors (Lipinski definition) is 4. The van der Waals surface area contributed by atoms with Crippen LogP contribution in [0.5, 0.6) is 17.2 Å². The van der Waals surface area contributed by atoms with Crippen molar-refractivity contribution in [3.05, 3.63) is 53.6 Å². The Kier molecular flexibility index (Phi) is 3.97. The molecule has 0 saturated carbocycles. The normalized spacial score (nSPS) is 14.0.